The molecule has 2 heterocycles. The van der Waals surface area contributed by atoms with E-state index in [2.05, 4.69) is 16.8 Å². The number of aromatic nitrogens is 2. The van der Waals surface area contributed by atoms with Gasteiger partial charge in [0.2, 0.25) is 5.91 Å². The van der Waals surface area contributed by atoms with Crippen molar-refractivity contribution in [1.82, 2.24) is 9.55 Å². The van der Waals surface area contributed by atoms with E-state index in [0.29, 0.717) is 16.7 Å². The van der Waals surface area contributed by atoms with E-state index in [1.54, 1.807) is 37.6 Å². The largest absolute Gasteiger partial charge is 0.420 e. The molecule has 0 aliphatic carbocycles. The van der Waals surface area contributed by atoms with E-state index in [-0.39, 0.29) is 12.5 Å². The molecule has 0 fully saturated rings. The van der Waals surface area contributed by atoms with Gasteiger partial charge in [-0.1, -0.05) is 30.0 Å². The van der Waals surface area contributed by atoms with E-state index in [9.17, 15) is 9.59 Å². The summed E-state index contributed by atoms with van der Waals surface area (Å²) in [6.45, 7) is -0.128. The number of benzene rings is 2. The normalized spacial score (nSPS) is 10.4. The highest BCUT2D eigenvalue weighted by Gasteiger charge is 2.16. The van der Waals surface area contributed by atoms with Crippen molar-refractivity contribution in [3.05, 3.63) is 94.7 Å². The highest BCUT2D eigenvalue weighted by molar-refractivity contribution is 5.93. The Bertz CT molecular complexity index is 1280. The third kappa shape index (κ3) is 3.94. The molecule has 0 bridgehead atoms. The maximum atomic E-state index is 12.7. The predicted octanol–water partition coefficient (Wildman–Crippen LogP) is 3.05. The van der Waals surface area contributed by atoms with Crippen LogP contribution in [0.3, 0.4) is 0 Å². The summed E-state index contributed by atoms with van der Waals surface area (Å²) in [4.78, 5) is 30.5. The summed E-state index contributed by atoms with van der Waals surface area (Å²) in [5.41, 5.74) is 3.19. The number of likely N-dealkylation sites (N-methyl/N-ethyl adjacent to an activating group) is 1. The van der Waals surface area contributed by atoms with Crippen LogP contribution in [0.25, 0.3) is 11.1 Å². The summed E-state index contributed by atoms with van der Waals surface area (Å²) in [6.07, 6.45) is 3.36. The molecule has 0 radical (unpaired) electrons. The van der Waals surface area contributed by atoms with Gasteiger partial charge in [0.25, 0.3) is 0 Å². The fourth-order valence-electron chi connectivity index (χ4n) is 2.91. The van der Waals surface area contributed by atoms with Gasteiger partial charge in [-0.25, -0.2) is 4.79 Å². The molecule has 2 aromatic carbocycles. The first-order valence-corrected chi connectivity index (χ1v) is 8.99. The second-order valence-corrected chi connectivity index (χ2v) is 6.42. The van der Waals surface area contributed by atoms with Crippen molar-refractivity contribution >= 4 is 22.7 Å². The molecular weight excluding hydrogens is 366 g/mol. The van der Waals surface area contributed by atoms with Crippen LogP contribution in [0.2, 0.25) is 0 Å². The molecule has 1 amide bonds. The molecule has 0 aliphatic heterocycles. The highest BCUT2D eigenvalue weighted by Crippen LogP contribution is 2.16. The summed E-state index contributed by atoms with van der Waals surface area (Å²) >= 11 is 0. The van der Waals surface area contributed by atoms with E-state index in [4.69, 9.17) is 4.42 Å². The van der Waals surface area contributed by atoms with Gasteiger partial charge in [-0.15, -0.1) is 0 Å². The van der Waals surface area contributed by atoms with Crippen LogP contribution in [0.1, 0.15) is 11.1 Å². The molecule has 4 aromatic rings. The van der Waals surface area contributed by atoms with E-state index in [1.807, 2.05) is 42.5 Å². The average molecular weight is 383 g/mol. The Hall–Kier alpha value is -4.11. The van der Waals surface area contributed by atoms with E-state index >= 15 is 0 Å². The number of hydrogen-bond donors (Lipinski definition) is 0. The lowest BCUT2D eigenvalue weighted by Crippen LogP contribution is -2.32. The molecule has 142 valence electrons. The number of nitrogens with zero attached hydrogens (tertiary/aromatic N) is 3. The van der Waals surface area contributed by atoms with Gasteiger partial charge in [-0.3, -0.25) is 14.3 Å². The number of anilines is 1. The molecule has 4 rings (SSSR count). The molecule has 0 saturated carbocycles. The Labute approximate surface area is 167 Å². The highest BCUT2D eigenvalue weighted by atomic mass is 16.4. The Morgan fingerprint density at radius 3 is 2.62 bits per heavy atom. The topological polar surface area (TPSA) is 68.3 Å². The van der Waals surface area contributed by atoms with Crippen LogP contribution in [0, 0.1) is 11.8 Å². The van der Waals surface area contributed by atoms with Gasteiger partial charge < -0.3 is 9.32 Å². The van der Waals surface area contributed by atoms with Gasteiger partial charge in [0.15, 0.2) is 5.58 Å². The molecule has 6 nitrogen and oxygen atoms in total. The van der Waals surface area contributed by atoms with Crippen LogP contribution < -0.4 is 10.7 Å². The molecule has 0 N–H and O–H groups in total. The predicted molar refractivity (Wildman–Crippen MR) is 111 cm³/mol. The average Bonchev–Trinajstić information content (AvgIpc) is 3.07. The lowest BCUT2D eigenvalue weighted by molar-refractivity contribution is -0.118. The van der Waals surface area contributed by atoms with Gasteiger partial charge in [-0.05, 0) is 42.5 Å². The van der Waals surface area contributed by atoms with Crippen LogP contribution >= 0.6 is 0 Å². The lowest BCUT2D eigenvalue weighted by atomic mass is 10.2. The van der Waals surface area contributed by atoms with Crippen molar-refractivity contribution in [3.63, 3.8) is 0 Å². The molecule has 0 atom stereocenters. The molecule has 0 spiro atoms. The molecule has 0 aliphatic rings. The van der Waals surface area contributed by atoms with Crippen molar-refractivity contribution in [2.75, 3.05) is 11.9 Å². The monoisotopic (exact) mass is 383 g/mol. The van der Waals surface area contributed by atoms with Crippen molar-refractivity contribution in [1.29, 1.82) is 0 Å². The van der Waals surface area contributed by atoms with Crippen LogP contribution in [0.5, 0.6) is 0 Å². The van der Waals surface area contributed by atoms with E-state index < -0.39 is 5.76 Å². The summed E-state index contributed by atoms with van der Waals surface area (Å²) in [6, 6.07) is 18.1. The van der Waals surface area contributed by atoms with Crippen molar-refractivity contribution < 1.29 is 9.21 Å². The molecule has 29 heavy (non-hydrogen) atoms. The maximum absolute atomic E-state index is 12.7. The van der Waals surface area contributed by atoms with Crippen molar-refractivity contribution in [3.8, 4) is 11.8 Å². The fourth-order valence-corrected chi connectivity index (χ4v) is 2.91. The quantitative estimate of drug-likeness (QED) is 0.510. The minimum atomic E-state index is -0.577. The van der Waals surface area contributed by atoms with Crippen LogP contribution in [0.4, 0.5) is 5.69 Å². The summed E-state index contributed by atoms with van der Waals surface area (Å²) in [5.74, 6) is 5.27. The first kappa shape index (κ1) is 18.3. The molecule has 2 aromatic heterocycles. The molecule has 0 unspecified atom stereocenters. The Balaban J connectivity index is 1.64. The van der Waals surface area contributed by atoms with Gasteiger partial charge in [0.1, 0.15) is 6.54 Å². The number of para-hydroxylation sites is 1. The Kier molecular flexibility index (Phi) is 4.95. The zero-order valence-electron chi connectivity index (χ0n) is 15.7. The number of hydrogen-bond acceptors (Lipinski definition) is 4. The first-order valence-electron chi connectivity index (χ1n) is 8.99. The van der Waals surface area contributed by atoms with Crippen molar-refractivity contribution in [2.24, 2.45) is 0 Å². The van der Waals surface area contributed by atoms with Gasteiger partial charge in [0, 0.05) is 36.3 Å². The van der Waals surface area contributed by atoms with Crippen LogP contribution in [0.15, 0.2) is 82.3 Å². The number of oxazole rings is 1. The second kappa shape index (κ2) is 7.87. The SMILES string of the molecule is CN(C(=O)Cn1c(=O)oc2ccc(C#Cc3cccnc3)cc21)c1ccccc1. The van der Waals surface area contributed by atoms with Crippen LogP contribution in [-0.2, 0) is 11.3 Å². The van der Waals surface area contributed by atoms with E-state index in [0.717, 1.165) is 11.3 Å². The number of carbonyl (C=O) groups is 1. The second-order valence-electron chi connectivity index (χ2n) is 6.42. The minimum absolute atomic E-state index is 0.128. The van der Waals surface area contributed by atoms with Crippen molar-refractivity contribution in [2.45, 2.75) is 6.54 Å². The summed E-state index contributed by atoms with van der Waals surface area (Å²) in [5, 5.41) is 0. The molecule has 6 heteroatoms. The van der Waals surface area contributed by atoms with E-state index in [1.165, 1.54) is 9.47 Å². The Morgan fingerprint density at radius 2 is 1.86 bits per heavy atom. The fraction of sp³-hybridized carbons (Fsp3) is 0.0870. The maximum Gasteiger partial charge on any atom is 0.420 e. The zero-order valence-corrected chi connectivity index (χ0v) is 15.7. The number of pyridine rings is 1. The smallest absolute Gasteiger partial charge is 0.408 e. The Morgan fingerprint density at radius 1 is 1.07 bits per heavy atom. The number of fused-ring (bicyclic) bond motifs is 1. The third-order valence-electron chi connectivity index (χ3n) is 4.49. The first-order chi connectivity index (χ1) is 14.1. The third-order valence-corrected chi connectivity index (χ3v) is 4.49. The van der Waals surface area contributed by atoms with Gasteiger partial charge >= 0.3 is 5.76 Å². The minimum Gasteiger partial charge on any atom is -0.408 e. The van der Waals surface area contributed by atoms with Crippen LogP contribution in [-0.4, -0.2) is 22.5 Å². The van der Waals surface area contributed by atoms with Gasteiger partial charge in [0.05, 0.1) is 5.52 Å². The molecule has 0 saturated heterocycles. The summed E-state index contributed by atoms with van der Waals surface area (Å²) in [7, 11) is 1.68. The number of carbonyl (C=O) groups excluding carboxylic acids is 1. The number of rotatable bonds is 3. The van der Waals surface area contributed by atoms with Gasteiger partial charge in [-0.2, -0.15) is 0 Å². The lowest BCUT2D eigenvalue weighted by Gasteiger charge is -2.17. The summed E-state index contributed by atoms with van der Waals surface area (Å²) < 4.78 is 6.61. The standard InChI is InChI=1S/C23H17N3O3/c1-25(19-7-3-2-4-8-19)22(27)16-26-20-14-17(11-12-21(20)29-23(26)28)9-10-18-6-5-13-24-15-18/h2-8,11-15H,16H2,1H3. The zero-order chi connectivity index (χ0) is 20.2. The molecular formula is C23H17N3O3. The number of amides is 1.